The van der Waals surface area contributed by atoms with Crippen LogP contribution in [0.4, 0.5) is 0 Å². The van der Waals surface area contributed by atoms with Crippen LogP contribution in [0.15, 0.2) is 11.6 Å². The van der Waals surface area contributed by atoms with Crippen molar-refractivity contribution in [3.05, 3.63) is 11.6 Å². The summed E-state index contributed by atoms with van der Waals surface area (Å²) in [5.41, 5.74) is 1.70. The molecule has 0 N–H and O–H groups in total. The van der Waals surface area contributed by atoms with Gasteiger partial charge >= 0.3 is 0 Å². The molecule has 14 heavy (non-hydrogen) atoms. The summed E-state index contributed by atoms with van der Waals surface area (Å²) in [5.74, 6) is 4.07. The molecule has 0 radical (unpaired) electrons. The fraction of sp³-hybridized carbons (Fsp3) is 0.857. The molecule has 0 aromatic rings. The van der Waals surface area contributed by atoms with Crippen molar-refractivity contribution in [2.75, 3.05) is 0 Å². The van der Waals surface area contributed by atoms with Gasteiger partial charge in [0.15, 0.2) is 0 Å². The van der Waals surface area contributed by atoms with E-state index in [1.165, 1.54) is 25.7 Å². The second-order valence-electron chi connectivity index (χ2n) is 5.34. The normalized spacial score (nSPS) is 39.1. The SMILES string of the molecule is C/C=C(/CC)C(C)C1CC2CCC1C2. The zero-order valence-corrected chi connectivity index (χ0v) is 9.92. The molecule has 0 aliphatic heterocycles. The van der Waals surface area contributed by atoms with E-state index in [1.807, 2.05) is 0 Å². The van der Waals surface area contributed by atoms with Gasteiger partial charge in [-0.15, -0.1) is 0 Å². The molecule has 0 saturated heterocycles. The Morgan fingerprint density at radius 2 is 2.14 bits per heavy atom. The molecule has 0 aromatic carbocycles. The minimum Gasteiger partial charge on any atom is -0.0882 e. The second kappa shape index (κ2) is 4.08. The average molecular weight is 192 g/mol. The van der Waals surface area contributed by atoms with Gasteiger partial charge in [-0.2, -0.15) is 0 Å². The fourth-order valence-corrected chi connectivity index (χ4v) is 3.97. The Morgan fingerprint density at radius 3 is 2.57 bits per heavy atom. The van der Waals surface area contributed by atoms with Gasteiger partial charge in [-0.25, -0.2) is 0 Å². The van der Waals surface area contributed by atoms with Crippen molar-refractivity contribution in [2.45, 2.75) is 52.9 Å². The highest BCUT2D eigenvalue weighted by Gasteiger charge is 2.41. The van der Waals surface area contributed by atoms with E-state index >= 15 is 0 Å². The van der Waals surface area contributed by atoms with Gasteiger partial charge in [0.25, 0.3) is 0 Å². The third-order valence-corrected chi connectivity index (χ3v) is 4.80. The van der Waals surface area contributed by atoms with E-state index in [0.717, 1.165) is 23.7 Å². The first-order valence-corrected chi connectivity index (χ1v) is 6.41. The van der Waals surface area contributed by atoms with E-state index in [-0.39, 0.29) is 0 Å². The molecular formula is C14H24. The zero-order chi connectivity index (χ0) is 10.1. The number of hydrogen-bond acceptors (Lipinski definition) is 0. The molecule has 80 valence electrons. The summed E-state index contributed by atoms with van der Waals surface area (Å²) in [6.07, 6.45) is 9.76. The Labute approximate surface area is 88.8 Å². The van der Waals surface area contributed by atoms with Crippen molar-refractivity contribution in [3.8, 4) is 0 Å². The molecule has 2 bridgehead atoms. The lowest BCUT2D eigenvalue weighted by Gasteiger charge is -2.29. The van der Waals surface area contributed by atoms with Crippen LogP contribution in [-0.2, 0) is 0 Å². The molecule has 4 atom stereocenters. The highest BCUT2D eigenvalue weighted by molar-refractivity contribution is 5.08. The average Bonchev–Trinajstić information content (AvgIpc) is 2.80. The monoisotopic (exact) mass is 192 g/mol. The summed E-state index contributed by atoms with van der Waals surface area (Å²) in [4.78, 5) is 0. The zero-order valence-electron chi connectivity index (χ0n) is 9.92. The van der Waals surface area contributed by atoms with E-state index < -0.39 is 0 Å². The van der Waals surface area contributed by atoms with E-state index in [1.54, 1.807) is 12.0 Å². The first-order valence-electron chi connectivity index (χ1n) is 6.41. The smallest absolute Gasteiger partial charge is 0.0201 e. The summed E-state index contributed by atoms with van der Waals surface area (Å²) < 4.78 is 0. The maximum absolute atomic E-state index is 2.46. The molecule has 0 heterocycles. The van der Waals surface area contributed by atoms with Crippen molar-refractivity contribution in [2.24, 2.45) is 23.7 Å². The van der Waals surface area contributed by atoms with Gasteiger partial charge in [0.2, 0.25) is 0 Å². The quantitative estimate of drug-likeness (QED) is 0.581. The van der Waals surface area contributed by atoms with Gasteiger partial charge in [-0.1, -0.05) is 31.9 Å². The van der Waals surface area contributed by atoms with Gasteiger partial charge in [0.1, 0.15) is 0 Å². The maximum atomic E-state index is 2.46. The van der Waals surface area contributed by atoms with Crippen LogP contribution in [0.3, 0.4) is 0 Å². The predicted octanol–water partition coefficient (Wildman–Crippen LogP) is 4.42. The molecule has 0 aromatic heterocycles. The molecule has 4 unspecified atom stereocenters. The molecule has 0 amide bonds. The third-order valence-electron chi connectivity index (χ3n) is 4.80. The van der Waals surface area contributed by atoms with Gasteiger partial charge in [0, 0.05) is 0 Å². The summed E-state index contributed by atoms with van der Waals surface area (Å²) >= 11 is 0. The van der Waals surface area contributed by atoms with Crippen molar-refractivity contribution in [1.82, 2.24) is 0 Å². The minimum absolute atomic E-state index is 0.861. The van der Waals surface area contributed by atoms with Gasteiger partial charge in [-0.3, -0.25) is 0 Å². The van der Waals surface area contributed by atoms with E-state index in [0.29, 0.717) is 0 Å². The van der Waals surface area contributed by atoms with Crippen LogP contribution in [0.2, 0.25) is 0 Å². The highest BCUT2D eigenvalue weighted by Crippen LogP contribution is 2.52. The van der Waals surface area contributed by atoms with Gasteiger partial charge in [-0.05, 0) is 56.3 Å². The lowest BCUT2D eigenvalue weighted by atomic mass is 9.76. The Balaban J connectivity index is 2.02. The van der Waals surface area contributed by atoms with Crippen molar-refractivity contribution in [1.29, 1.82) is 0 Å². The van der Waals surface area contributed by atoms with Crippen LogP contribution in [0, 0.1) is 23.7 Å². The van der Waals surface area contributed by atoms with Crippen LogP contribution in [-0.4, -0.2) is 0 Å². The summed E-state index contributed by atoms with van der Waals surface area (Å²) in [5, 5.41) is 0. The fourth-order valence-electron chi connectivity index (χ4n) is 3.97. The summed E-state index contributed by atoms with van der Waals surface area (Å²) in [6.45, 7) is 6.98. The van der Waals surface area contributed by atoms with E-state index in [4.69, 9.17) is 0 Å². The third kappa shape index (κ3) is 1.64. The standard InChI is InChI=1S/C14H24/c1-4-12(5-2)10(3)14-9-11-6-7-13(14)8-11/h4,10-11,13-14H,5-9H2,1-3H3/b12-4-. The number of fused-ring (bicyclic) bond motifs is 2. The molecule has 2 saturated carbocycles. The minimum atomic E-state index is 0.861. The molecule has 0 spiro atoms. The van der Waals surface area contributed by atoms with E-state index in [2.05, 4.69) is 26.8 Å². The molecule has 0 heteroatoms. The highest BCUT2D eigenvalue weighted by atomic mass is 14.5. The first kappa shape index (κ1) is 10.3. The lowest BCUT2D eigenvalue weighted by Crippen LogP contribution is -2.20. The molecule has 2 aliphatic rings. The molecular weight excluding hydrogens is 168 g/mol. The van der Waals surface area contributed by atoms with Crippen molar-refractivity contribution in [3.63, 3.8) is 0 Å². The van der Waals surface area contributed by atoms with Crippen molar-refractivity contribution >= 4 is 0 Å². The van der Waals surface area contributed by atoms with Crippen LogP contribution >= 0.6 is 0 Å². The Kier molecular flexibility index (Phi) is 2.99. The molecule has 2 rings (SSSR count). The molecule has 2 fully saturated rings. The number of hydrogen-bond donors (Lipinski definition) is 0. The van der Waals surface area contributed by atoms with Crippen LogP contribution in [0.5, 0.6) is 0 Å². The van der Waals surface area contributed by atoms with Gasteiger partial charge < -0.3 is 0 Å². The van der Waals surface area contributed by atoms with E-state index in [9.17, 15) is 0 Å². The lowest BCUT2D eigenvalue weighted by molar-refractivity contribution is 0.264. The molecule has 2 aliphatic carbocycles. The molecule has 0 nitrogen and oxygen atoms in total. The Morgan fingerprint density at radius 1 is 1.36 bits per heavy atom. The number of rotatable bonds is 3. The Bertz CT molecular complexity index is 226. The summed E-state index contributed by atoms with van der Waals surface area (Å²) in [6, 6.07) is 0. The van der Waals surface area contributed by atoms with Crippen molar-refractivity contribution < 1.29 is 0 Å². The van der Waals surface area contributed by atoms with Gasteiger partial charge in [0.05, 0.1) is 0 Å². The second-order valence-corrected chi connectivity index (χ2v) is 5.34. The topological polar surface area (TPSA) is 0 Å². The summed E-state index contributed by atoms with van der Waals surface area (Å²) in [7, 11) is 0. The predicted molar refractivity (Wildman–Crippen MR) is 62.2 cm³/mol. The Hall–Kier alpha value is -0.260. The van der Waals surface area contributed by atoms with Crippen LogP contribution < -0.4 is 0 Å². The maximum Gasteiger partial charge on any atom is -0.0201 e. The largest absolute Gasteiger partial charge is 0.0882 e. The van der Waals surface area contributed by atoms with Crippen LogP contribution in [0.25, 0.3) is 0 Å². The van der Waals surface area contributed by atoms with Crippen LogP contribution in [0.1, 0.15) is 52.9 Å². The first-order chi connectivity index (χ1) is 6.76. The number of allylic oxidation sites excluding steroid dienone is 2.